The first kappa shape index (κ1) is 17.9. The molecule has 1 fully saturated rings. The topological polar surface area (TPSA) is 52.7 Å². The molecule has 0 radical (unpaired) electrons. The van der Waals surface area contributed by atoms with Crippen LogP contribution in [-0.2, 0) is 16.1 Å². The molecule has 1 aromatic rings. The summed E-state index contributed by atoms with van der Waals surface area (Å²) in [5.41, 5.74) is -0.478. The van der Waals surface area contributed by atoms with Crippen LogP contribution in [0.15, 0.2) is 17.5 Å². The summed E-state index contributed by atoms with van der Waals surface area (Å²) >= 11 is 1.77. The molecule has 2 amide bonds. The number of amides is 2. The van der Waals surface area contributed by atoms with Crippen molar-refractivity contribution in [1.82, 2.24) is 15.1 Å². The van der Waals surface area contributed by atoms with Gasteiger partial charge in [-0.3, -0.25) is 14.5 Å². The molecule has 1 atom stereocenters. The van der Waals surface area contributed by atoms with Crippen LogP contribution in [0.25, 0.3) is 0 Å². The number of nitrogens with zero attached hydrogens (tertiary/aromatic N) is 2. The quantitative estimate of drug-likeness (QED) is 0.913. The van der Waals surface area contributed by atoms with E-state index < -0.39 is 11.5 Å². The highest BCUT2D eigenvalue weighted by atomic mass is 32.1. The van der Waals surface area contributed by atoms with E-state index in [2.05, 4.69) is 27.7 Å². The van der Waals surface area contributed by atoms with Crippen LogP contribution < -0.4 is 5.32 Å². The highest BCUT2D eigenvalue weighted by Gasteiger charge is 2.29. The maximum Gasteiger partial charge on any atom is 0.244 e. The number of nitrogens with one attached hydrogen (secondary N) is 1. The summed E-state index contributed by atoms with van der Waals surface area (Å²) in [7, 11) is 0. The van der Waals surface area contributed by atoms with Gasteiger partial charge in [0, 0.05) is 43.0 Å². The van der Waals surface area contributed by atoms with Crippen LogP contribution in [0.5, 0.6) is 0 Å². The van der Waals surface area contributed by atoms with Crippen LogP contribution in [0.1, 0.15) is 32.6 Å². The van der Waals surface area contributed by atoms with E-state index in [9.17, 15) is 9.59 Å². The molecule has 2 heterocycles. The highest BCUT2D eigenvalue weighted by molar-refractivity contribution is 7.09. The van der Waals surface area contributed by atoms with Gasteiger partial charge in [0.2, 0.25) is 11.8 Å². The molecule has 1 saturated heterocycles. The molecule has 1 aromatic heterocycles. The molecule has 2 rings (SSSR count). The second-order valence-corrected chi connectivity index (χ2v) is 8.16. The van der Waals surface area contributed by atoms with Gasteiger partial charge in [0.1, 0.15) is 6.04 Å². The zero-order valence-corrected chi connectivity index (χ0v) is 15.3. The van der Waals surface area contributed by atoms with Crippen LogP contribution >= 0.6 is 11.3 Å². The van der Waals surface area contributed by atoms with Crippen LogP contribution in [0, 0.1) is 5.41 Å². The average molecular weight is 337 g/mol. The number of hydrogen-bond donors (Lipinski definition) is 1. The summed E-state index contributed by atoms with van der Waals surface area (Å²) in [5.74, 6) is -0.0759. The van der Waals surface area contributed by atoms with Crippen LogP contribution in [-0.4, -0.2) is 53.8 Å². The van der Waals surface area contributed by atoms with E-state index in [-0.39, 0.29) is 11.8 Å². The molecule has 0 aliphatic carbocycles. The van der Waals surface area contributed by atoms with Crippen molar-refractivity contribution in [3.63, 3.8) is 0 Å². The van der Waals surface area contributed by atoms with Gasteiger partial charge < -0.3 is 10.2 Å². The summed E-state index contributed by atoms with van der Waals surface area (Å²) in [4.78, 5) is 30.1. The van der Waals surface area contributed by atoms with Gasteiger partial charge in [-0.15, -0.1) is 11.3 Å². The van der Waals surface area contributed by atoms with Gasteiger partial charge in [0.25, 0.3) is 0 Å². The largest absolute Gasteiger partial charge is 0.344 e. The van der Waals surface area contributed by atoms with E-state index >= 15 is 0 Å². The van der Waals surface area contributed by atoms with Gasteiger partial charge in [-0.1, -0.05) is 26.8 Å². The number of hydrogen-bond acceptors (Lipinski definition) is 4. The molecule has 1 aliphatic rings. The summed E-state index contributed by atoms with van der Waals surface area (Å²) in [5, 5.41) is 4.91. The fraction of sp³-hybridized carbons (Fsp3) is 0.647. The predicted molar refractivity (Wildman–Crippen MR) is 93.2 cm³/mol. The maximum absolute atomic E-state index is 12.5. The maximum atomic E-state index is 12.5. The lowest BCUT2D eigenvalue weighted by Crippen LogP contribution is -2.54. The number of thiophene rings is 1. The van der Waals surface area contributed by atoms with Gasteiger partial charge in [-0.2, -0.15) is 0 Å². The number of piperazine rings is 1. The van der Waals surface area contributed by atoms with E-state index in [1.165, 1.54) is 4.88 Å². The van der Waals surface area contributed by atoms with Crippen molar-refractivity contribution in [2.24, 2.45) is 5.41 Å². The summed E-state index contributed by atoms with van der Waals surface area (Å²) in [6.07, 6.45) is 0. The Hall–Kier alpha value is -1.40. The van der Waals surface area contributed by atoms with Crippen molar-refractivity contribution < 1.29 is 9.59 Å². The molecule has 5 nitrogen and oxygen atoms in total. The summed E-state index contributed by atoms with van der Waals surface area (Å²) < 4.78 is 0. The molecule has 0 aromatic carbocycles. The molecule has 1 aliphatic heterocycles. The smallest absolute Gasteiger partial charge is 0.244 e. The lowest BCUT2D eigenvalue weighted by Gasteiger charge is -2.36. The molecule has 6 heteroatoms. The Bertz CT molecular complexity index is 529. The zero-order chi connectivity index (χ0) is 17.0. The Morgan fingerprint density at radius 2 is 1.91 bits per heavy atom. The fourth-order valence-corrected chi connectivity index (χ4v) is 3.24. The number of carbonyl (C=O) groups is 2. The second-order valence-electron chi connectivity index (χ2n) is 7.13. The van der Waals surface area contributed by atoms with E-state index in [0.29, 0.717) is 0 Å². The molecule has 1 N–H and O–H groups in total. The Morgan fingerprint density at radius 3 is 2.43 bits per heavy atom. The van der Waals surface area contributed by atoms with Gasteiger partial charge in [-0.25, -0.2) is 0 Å². The predicted octanol–water partition coefficient (Wildman–Crippen LogP) is 1.94. The molecule has 128 valence electrons. The summed E-state index contributed by atoms with van der Waals surface area (Å²) in [6, 6.07) is 3.75. The van der Waals surface area contributed by atoms with Crippen LogP contribution in [0.3, 0.4) is 0 Å². The second kappa shape index (κ2) is 7.45. The standard InChI is InChI=1S/C17H27N3O2S/c1-13(18-16(22)17(2,3)4)15(21)20-9-7-19(8-10-20)12-14-6-5-11-23-14/h5-6,11,13H,7-10,12H2,1-4H3,(H,18,22). The Balaban J connectivity index is 1.80. The molecule has 1 unspecified atom stereocenters. The third kappa shape index (κ3) is 5.04. The normalized spacial score (nSPS) is 17.8. The van der Waals surface area contributed by atoms with E-state index in [0.717, 1.165) is 32.7 Å². The average Bonchev–Trinajstić information content (AvgIpc) is 2.99. The van der Waals surface area contributed by atoms with E-state index in [4.69, 9.17) is 0 Å². The van der Waals surface area contributed by atoms with Crippen LogP contribution in [0.4, 0.5) is 0 Å². The lowest BCUT2D eigenvalue weighted by molar-refractivity contribution is -0.139. The first-order chi connectivity index (χ1) is 10.8. The highest BCUT2D eigenvalue weighted by Crippen LogP contribution is 2.15. The minimum atomic E-state index is -0.478. The van der Waals surface area contributed by atoms with Crippen molar-refractivity contribution in [2.75, 3.05) is 26.2 Å². The molecule has 23 heavy (non-hydrogen) atoms. The monoisotopic (exact) mass is 337 g/mol. The Labute approximate surface area is 142 Å². The van der Waals surface area contributed by atoms with Crippen LogP contribution in [0.2, 0.25) is 0 Å². The summed E-state index contributed by atoms with van der Waals surface area (Å²) in [6.45, 7) is 11.5. The SMILES string of the molecule is CC(NC(=O)C(C)(C)C)C(=O)N1CCN(Cc2cccs2)CC1. The van der Waals surface area contributed by atoms with Gasteiger partial charge in [0.15, 0.2) is 0 Å². The van der Waals surface area contributed by atoms with Crippen molar-refractivity contribution in [3.8, 4) is 0 Å². The molecule has 0 bridgehead atoms. The minimum absolute atomic E-state index is 0.0124. The minimum Gasteiger partial charge on any atom is -0.344 e. The van der Waals surface area contributed by atoms with Gasteiger partial charge in [-0.05, 0) is 18.4 Å². The Morgan fingerprint density at radius 1 is 1.26 bits per heavy atom. The van der Waals surface area contributed by atoms with Gasteiger partial charge in [0.05, 0.1) is 0 Å². The molecule has 0 spiro atoms. The third-order valence-electron chi connectivity index (χ3n) is 4.04. The Kier molecular flexibility index (Phi) is 5.81. The zero-order valence-electron chi connectivity index (χ0n) is 14.5. The van der Waals surface area contributed by atoms with Crippen molar-refractivity contribution in [3.05, 3.63) is 22.4 Å². The van der Waals surface area contributed by atoms with Crippen molar-refractivity contribution >= 4 is 23.2 Å². The number of rotatable bonds is 4. The van der Waals surface area contributed by atoms with Gasteiger partial charge >= 0.3 is 0 Å². The van der Waals surface area contributed by atoms with E-state index in [1.807, 2.05) is 25.7 Å². The van der Waals surface area contributed by atoms with E-state index in [1.54, 1.807) is 18.3 Å². The van der Waals surface area contributed by atoms with Crippen molar-refractivity contribution in [1.29, 1.82) is 0 Å². The first-order valence-corrected chi connectivity index (χ1v) is 9.00. The van der Waals surface area contributed by atoms with Crippen molar-refractivity contribution in [2.45, 2.75) is 40.3 Å². The first-order valence-electron chi connectivity index (χ1n) is 8.12. The molecular weight excluding hydrogens is 310 g/mol. The third-order valence-corrected chi connectivity index (χ3v) is 4.90. The molecule has 0 saturated carbocycles. The fourth-order valence-electron chi connectivity index (χ4n) is 2.50. The molecular formula is C17H27N3O2S. The lowest BCUT2D eigenvalue weighted by atomic mass is 9.95. The number of carbonyl (C=O) groups excluding carboxylic acids is 2.